The van der Waals surface area contributed by atoms with Gasteiger partial charge in [0.05, 0.1) is 17.8 Å². The van der Waals surface area contributed by atoms with Crippen LogP contribution in [0.4, 0.5) is 0 Å². The molecule has 5 heteroatoms. The molecule has 0 aliphatic carbocycles. The second-order valence-corrected chi connectivity index (χ2v) is 5.96. The van der Waals surface area contributed by atoms with E-state index in [0.29, 0.717) is 11.8 Å². The zero-order chi connectivity index (χ0) is 14.4. The molecule has 0 unspecified atom stereocenters. The van der Waals surface area contributed by atoms with Gasteiger partial charge in [-0.15, -0.1) is 5.10 Å². The van der Waals surface area contributed by atoms with Crippen LogP contribution in [0.3, 0.4) is 0 Å². The predicted octanol–water partition coefficient (Wildman–Crippen LogP) is 1.94. The van der Waals surface area contributed by atoms with E-state index in [2.05, 4.69) is 38.0 Å². The van der Waals surface area contributed by atoms with E-state index in [4.69, 9.17) is 5.73 Å². The van der Waals surface area contributed by atoms with Crippen molar-refractivity contribution in [1.82, 2.24) is 15.0 Å². The van der Waals surface area contributed by atoms with Crippen LogP contribution in [0, 0.1) is 11.8 Å². The van der Waals surface area contributed by atoms with Crippen molar-refractivity contribution >= 4 is 5.91 Å². The Morgan fingerprint density at radius 2 is 1.84 bits per heavy atom. The molecule has 19 heavy (non-hydrogen) atoms. The lowest BCUT2D eigenvalue weighted by molar-refractivity contribution is -0.117. The van der Waals surface area contributed by atoms with Gasteiger partial charge in [-0.2, -0.15) is 0 Å². The third-order valence-electron chi connectivity index (χ3n) is 3.14. The maximum absolute atomic E-state index is 11.1. The van der Waals surface area contributed by atoms with E-state index in [1.54, 1.807) is 0 Å². The summed E-state index contributed by atoms with van der Waals surface area (Å²) in [6.07, 6.45) is 3.23. The molecular formula is C14H26N4O. The molecule has 0 aliphatic rings. The highest BCUT2D eigenvalue weighted by Crippen LogP contribution is 2.14. The van der Waals surface area contributed by atoms with Gasteiger partial charge in [0.1, 0.15) is 0 Å². The Kier molecular flexibility index (Phi) is 5.99. The molecule has 0 aromatic carbocycles. The molecule has 0 aliphatic heterocycles. The van der Waals surface area contributed by atoms with Crippen LogP contribution in [-0.2, 0) is 24.2 Å². The van der Waals surface area contributed by atoms with Crippen molar-refractivity contribution in [2.24, 2.45) is 17.6 Å². The lowest BCUT2D eigenvalue weighted by Crippen LogP contribution is -2.16. The fourth-order valence-corrected chi connectivity index (χ4v) is 1.93. The molecule has 1 heterocycles. The Labute approximate surface area is 115 Å². The van der Waals surface area contributed by atoms with Crippen LogP contribution in [0.15, 0.2) is 0 Å². The Morgan fingerprint density at radius 1 is 1.21 bits per heavy atom. The average molecular weight is 266 g/mol. The predicted molar refractivity (Wildman–Crippen MR) is 75.5 cm³/mol. The summed E-state index contributed by atoms with van der Waals surface area (Å²) in [5, 5.41) is 8.30. The van der Waals surface area contributed by atoms with Crippen molar-refractivity contribution in [3.63, 3.8) is 0 Å². The first-order valence-corrected chi connectivity index (χ1v) is 7.09. The molecule has 1 rings (SSSR count). The number of rotatable bonds is 8. The number of hydrogen-bond acceptors (Lipinski definition) is 3. The van der Waals surface area contributed by atoms with Crippen LogP contribution in [0.25, 0.3) is 0 Å². The quantitative estimate of drug-likeness (QED) is 0.781. The molecular weight excluding hydrogens is 240 g/mol. The Morgan fingerprint density at radius 3 is 2.37 bits per heavy atom. The Balaban J connectivity index is 2.82. The summed E-state index contributed by atoms with van der Waals surface area (Å²) in [6.45, 7) is 9.62. The topological polar surface area (TPSA) is 73.8 Å². The lowest BCUT2D eigenvalue weighted by atomic mass is 10.0. The zero-order valence-electron chi connectivity index (χ0n) is 12.5. The lowest BCUT2D eigenvalue weighted by Gasteiger charge is -2.10. The number of nitrogens with two attached hydrogens (primary N) is 1. The van der Waals surface area contributed by atoms with Crippen molar-refractivity contribution in [2.75, 3.05) is 0 Å². The number of aromatic nitrogens is 3. The van der Waals surface area contributed by atoms with Crippen molar-refractivity contribution in [2.45, 2.75) is 59.9 Å². The first-order chi connectivity index (χ1) is 8.90. The standard InChI is InChI=1S/C14H26N4O/c1-10(2)5-6-13-12(9-14(15)19)16-17-18(13)8-7-11(3)4/h10-11H,5-9H2,1-4H3,(H2,15,19). The molecule has 0 bridgehead atoms. The van der Waals surface area contributed by atoms with E-state index in [0.717, 1.165) is 37.2 Å². The van der Waals surface area contributed by atoms with Gasteiger partial charge in [-0.25, -0.2) is 4.68 Å². The molecule has 0 atom stereocenters. The van der Waals surface area contributed by atoms with Crippen molar-refractivity contribution in [1.29, 1.82) is 0 Å². The van der Waals surface area contributed by atoms with Gasteiger partial charge in [0.15, 0.2) is 0 Å². The zero-order valence-corrected chi connectivity index (χ0v) is 12.5. The summed E-state index contributed by atoms with van der Waals surface area (Å²) in [4.78, 5) is 11.1. The summed E-state index contributed by atoms with van der Waals surface area (Å²) < 4.78 is 1.95. The van der Waals surface area contributed by atoms with Crippen LogP contribution in [0.5, 0.6) is 0 Å². The summed E-state index contributed by atoms with van der Waals surface area (Å²) in [6, 6.07) is 0. The minimum atomic E-state index is -0.346. The van der Waals surface area contributed by atoms with Crippen LogP contribution in [-0.4, -0.2) is 20.9 Å². The molecule has 1 aromatic rings. The van der Waals surface area contributed by atoms with Gasteiger partial charge in [-0.3, -0.25) is 4.79 Å². The third kappa shape index (κ3) is 5.41. The highest BCUT2D eigenvalue weighted by atomic mass is 16.1. The molecule has 0 saturated carbocycles. The van der Waals surface area contributed by atoms with Gasteiger partial charge >= 0.3 is 0 Å². The first-order valence-electron chi connectivity index (χ1n) is 7.09. The normalized spacial score (nSPS) is 11.5. The van der Waals surface area contributed by atoms with Crippen LogP contribution >= 0.6 is 0 Å². The second kappa shape index (κ2) is 7.26. The van der Waals surface area contributed by atoms with E-state index < -0.39 is 0 Å². The van der Waals surface area contributed by atoms with Crippen LogP contribution in [0.1, 0.15) is 51.9 Å². The number of amides is 1. The maximum Gasteiger partial charge on any atom is 0.223 e. The summed E-state index contributed by atoms with van der Waals surface area (Å²) in [7, 11) is 0. The molecule has 0 spiro atoms. The molecule has 108 valence electrons. The van der Waals surface area contributed by atoms with Crippen molar-refractivity contribution in [3.05, 3.63) is 11.4 Å². The fraction of sp³-hybridized carbons (Fsp3) is 0.786. The molecule has 0 fully saturated rings. The Hall–Kier alpha value is -1.39. The van der Waals surface area contributed by atoms with Gasteiger partial charge in [0, 0.05) is 6.54 Å². The molecule has 0 saturated heterocycles. The van der Waals surface area contributed by atoms with Crippen LogP contribution < -0.4 is 5.73 Å². The number of nitrogens with zero attached hydrogens (tertiary/aromatic N) is 3. The number of hydrogen-bond donors (Lipinski definition) is 1. The summed E-state index contributed by atoms with van der Waals surface area (Å²) in [5.41, 5.74) is 7.09. The number of carbonyl (C=O) groups is 1. The smallest absolute Gasteiger partial charge is 0.223 e. The number of carbonyl (C=O) groups excluding carboxylic acids is 1. The largest absolute Gasteiger partial charge is 0.369 e. The van der Waals surface area contributed by atoms with Gasteiger partial charge in [0.2, 0.25) is 5.91 Å². The SMILES string of the molecule is CC(C)CCc1c(CC(N)=O)nnn1CCC(C)C. The van der Waals surface area contributed by atoms with Crippen LogP contribution in [0.2, 0.25) is 0 Å². The molecule has 2 N–H and O–H groups in total. The number of primary amides is 1. The average Bonchev–Trinajstić information content (AvgIpc) is 2.65. The minimum Gasteiger partial charge on any atom is -0.369 e. The van der Waals surface area contributed by atoms with Gasteiger partial charge in [0.25, 0.3) is 0 Å². The summed E-state index contributed by atoms with van der Waals surface area (Å²) >= 11 is 0. The number of aryl methyl sites for hydroxylation is 1. The van der Waals surface area contributed by atoms with E-state index in [9.17, 15) is 4.79 Å². The van der Waals surface area contributed by atoms with E-state index in [-0.39, 0.29) is 12.3 Å². The first kappa shape index (κ1) is 15.7. The van der Waals surface area contributed by atoms with E-state index in [1.165, 1.54) is 0 Å². The van der Waals surface area contributed by atoms with Gasteiger partial charge in [-0.05, 0) is 31.1 Å². The molecule has 0 radical (unpaired) electrons. The second-order valence-electron chi connectivity index (χ2n) is 5.96. The molecule has 1 amide bonds. The Bertz CT molecular complexity index is 410. The highest BCUT2D eigenvalue weighted by Gasteiger charge is 2.15. The summed E-state index contributed by atoms with van der Waals surface area (Å²) in [5.74, 6) is 0.901. The minimum absolute atomic E-state index is 0.190. The monoisotopic (exact) mass is 266 g/mol. The highest BCUT2D eigenvalue weighted by molar-refractivity contribution is 5.76. The van der Waals surface area contributed by atoms with E-state index in [1.807, 2.05) is 4.68 Å². The van der Waals surface area contributed by atoms with Gasteiger partial charge in [-0.1, -0.05) is 32.9 Å². The molecule has 5 nitrogen and oxygen atoms in total. The molecule has 1 aromatic heterocycles. The van der Waals surface area contributed by atoms with Crippen molar-refractivity contribution < 1.29 is 4.79 Å². The van der Waals surface area contributed by atoms with E-state index >= 15 is 0 Å². The fourth-order valence-electron chi connectivity index (χ4n) is 1.93. The van der Waals surface area contributed by atoms with Gasteiger partial charge < -0.3 is 5.73 Å². The maximum atomic E-state index is 11.1. The third-order valence-corrected chi connectivity index (χ3v) is 3.14. The van der Waals surface area contributed by atoms with Crippen molar-refractivity contribution in [3.8, 4) is 0 Å².